The highest BCUT2D eigenvalue weighted by molar-refractivity contribution is 7.89. The van der Waals surface area contributed by atoms with Crippen LogP contribution in [0.15, 0.2) is 77.7 Å². The second-order valence-electron chi connectivity index (χ2n) is 7.09. The zero-order valence-electron chi connectivity index (χ0n) is 17.0. The molecule has 0 saturated carbocycles. The molecule has 12 heteroatoms. The normalized spacial score (nSPS) is 12.4. The van der Waals surface area contributed by atoms with E-state index in [-0.39, 0.29) is 23.1 Å². The summed E-state index contributed by atoms with van der Waals surface area (Å²) in [6, 6.07) is 13.8. The van der Waals surface area contributed by atoms with Crippen LogP contribution in [0.1, 0.15) is 27.0 Å². The number of hydrogen-bond donors (Lipinski definition) is 2. The van der Waals surface area contributed by atoms with E-state index in [1.165, 1.54) is 18.2 Å². The van der Waals surface area contributed by atoms with Crippen LogP contribution in [-0.2, 0) is 28.9 Å². The third-order valence-electron chi connectivity index (χ3n) is 4.56. The lowest BCUT2D eigenvalue weighted by Crippen LogP contribution is -2.23. The SMILES string of the molecule is O=C(Nc1cc(C(F)(F)F)cc(C(F)(F)F)c1)c1cccc(S(=O)(=O)NCc2ccccc2)c1. The molecule has 0 spiro atoms. The average Bonchev–Trinajstić information content (AvgIpc) is 2.77. The van der Waals surface area contributed by atoms with Crippen molar-refractivity contribution in [2.24, 2.45) is 0 Å². The molecule has 5 nitrogen and oxygen atoms in total. The van der Waals surface area contributed by atoms with Crippen molar-refractivity contribution in [3.8, 4) is 0 Å². The molecule has 0 saturated heterocycles. The molecule has 1 amide bonds. The average molecular weight is 502 g/mol. The summed E-state index contributed by atoms with van der Waals surface area (Å²) in [6.07, 6.45) is -10.2. The van der Waals surface area contributed by atoms with Crippen LogP contribution >= 0.6 is 0 Å². The van der Waals surface area contributed by atoms with Crippen molar-refractivity contribution in [2.45, 2.75) is 23.8 Å². The monoisotopic (exact) mass is 502 g/mol. The van der Waals surface area contributed by atoms with Crippen molar-refractivity contribution in [3.05, 3.63) is 95.1 Å². The first-order chi connectivity index (χ1) is 15.8. The van der Waals surface area contributed by atoms with Crippen LogP contribution in [0.4, 0.5) is 32.0 Å². The number of carbonyl (C=O) groups excluding carboxylic acids is 1. The van der Waals surface area contributed by atoms with Gasteiger partial charge in [0, 0.05) is 17.8 Å². The Labute approximate surface area is 190 Å². The molecule has 34 heavy (non-hydrogen) atoms. The molecule has 180 valence electrons. The molecule has 0 bridgehead atoms. The first-order valence-electron chi connectivity index (χ1n) is 9.50. The Balaban J connectivity index is 1.84. The van der Waals surface area contributed by atoms with E-state index in [2.05, 4.69) is 4.72 Å². The molecule has 0 aromatic heterocycles. The molecule has 0 heterocycles. The number of alkyl halides is 6. The van der Waals surface area contributed by atoms with Gasteiger partial charge in [-0.3, -0.25) is 4.79 Å². The van der Waals surface area contributed by atoms with Crippen molar-refractivity contribution < 1.29 is 39.6 Å². The number of halogens is 6. The lowest BCUT2D eigenvalue weighted by molar-refractivity contribution is -0.143. The van der Waals surface area contributed by atoms with Gasteiger partial charge >= 0.3 is 12.4 Å². The molecule has 0 aliphatic carbocycles. The fourth-order valence-electron chi connectivity index (χ4n) is 2.89. The minimum absolute atomic E-state index is 0.0376. The highest BCUT2D eigenvalue weighted by Gasteiger charge is 2.37. The Hall–Kier alpha value is -3.38. The van der Waals surface area contributed by atoms with Crippen molar-refractivity contribution in [2.75, 3.05) is 5.32 Å². The molecule has 0 fully saturated rings. The molecule has 2 N–H and O–H groups in total. The van der Waals surface area contributed by atoms with E-state index in [0.29, 0.717) is 17.7 Å². The fraction of sp³-hybridized carbons (Fsp3) is 0.136. The molecular weight excluding hydrogens is 486 g/mol. The van der Waals surface area contributed by atoms with Gasteiger partial charge < -0.3 is 5.32 Å². The Kier molecular flexibility index (Phi) is 7.03. The zero-order chi connectivity index (χ0) is 25.1. The lowest BCUT2D eigenvalue weighted by atomic mass is 10.1. The molecule has 0 aliphatic heterocycles. The van der Waals surface area contributed by atoms with Gasteiger partial charge in [0.2, 0.25) is 10.0 Å². The van der Waals surface area contributed by atoms with E-state index in [1.807, 2.05) is 5.32 Å². The van der Waals surface area contributed by atoms with Gasteiger partial charge in [0.05, 0.1) is 16.0 Å². The van der Waals surface area contributed by atoms with Gasteiger partial charge in [-0.05, 0) is 42.0 Å². The number of anilines is 1. The van der Waals surface area contributed by atoms with Gasteiger partial charge in [0.15, 0.2) is 0 Å². The summed E-state index contributed by atoms with van der Waals surface area (Å²) >= 11 is 0. The maximum atomic E-state index is 13.0. The van der Waals surface area contributed by atoms with E-state index in [4.69, 9.17) is 0 Å². The first-order valence-corrected chi connectivity index (χ1v) is 11.0. The Morgan fingerprint density at radius 3 is 1.91 bits per heavy atom. The molecule has 0 radical (unpaired) electrons. The van der Waals surface area contributed by atoms with Crippen LogP contribution in [0.2, 0.25) is 0 Å². The van der Waals surface area contributed by atoms with Gasteiger partial charge in [-0.2, -0.15) is 26.3 Å². The number of nitrogens with one attached hydrogen (secondary N) is 2. The maximum absolute atomic E-state index is 13.0. The Morgan fingerprint density at radius 2 is 1.35 bits per heavy atom. The smallest absolute Gasteiger partial charge is 0.322 e. The highest BCUT2D eigenvalue weighted by Crippen LogP contribution is 2.37. The summed E-state index contributed by atoms with van der Waals surface area (Å²) in [5.41, 5.74) is -3.56. The number of hydrogen-bond acceptors (Lipinski definition) is 3. The number of amides is 1. The largest absolute Gasteiger partial charge is 0.416 e. The van der Waals surface area contributed by atoms with E-state index in [1.54, 1.807) is 30.3 Å². The summed E-state index contributed by atoms with van der Waals surface area (Å²) in [4.78, 5) is 12.2. The van der Waals surface area contributed by atoms with E-state index in [0.717, 1.165) is 6.07 Å². The molecular formula is C22H16F6N2O3S. The van der Waals surface area contributed by atoms with E-state index >= 15 is 0 Å². The van der Waals surface area contributed by atoms with Gasteiger partial charge in [-0.25, -0.2) is 13.1 Å². The van der Waals surface area contributed by atoms with E-state index < -0.39 is 45.1 Å². The number of carbonyl (C=O) groups is 1. The Morgan fingerprint density at radius 1 is 0.765 bits per heavy atom. The zero-order valence-corrected chi connectivity index (χ0v) is 17.9. The number of benzene rings is 3. The predicted octanol–water partition coefficient (Wildman–Crippen LogP) is 5.46. The highest BCUT2D eigenvalue weighted by atomic mass is 32.2. The van der Waals surface area contributed by atoms with Crippen LogP contribution in [0.3, 0.4) is 0 Å². The van der Waals surface area contributed by atoms with Crippen molar-refractivity contribution in [1.82, 2.24) is 4.72 Å². The second-order valence-corrected chi connectivity index (χ2v) is 8.85. The summed E-state index contributed by atoms with van der Waals surface area (Å²) in [5, 5.41) is 1.97. The minimum atomic E-state index is -5.08. The summed E-state index contributed by atoms with van der Waals surface area (Å²) < 4.78 is 106. The van der Waals surface area contributed by atoms with Crippen molar-refractivity contribution in [3.63, 3.8) is 0 Å². The molecule has 0 aliphatic rings. The molecule has 3 aromatic rings. The molecule has 0 atom stereocenters. The third-order valence-corrected chi connectivity index (χ3v) is 5.96. The van der Waals surface area contributed by atoms with Crippen molar-refractivity contribution in [1.29, 1.82) is 0 Å². The minimum Gasteiger partial charge on any atom is -0.322 e. The van der Waals surface area contributed by atoms with Gasteiger partial charge in [-0.15, -0.1) is 0 Å². The van der Waals surface area contributed by atoms with Gasteiger partial charge in [-0.1, -0.05) is 36.4 Å². The molecule has 3 aromatic carbocycles. The van der Waals surface area contributed by atoms with Gasteiger partial charge in [0.25, 0.3) is 5.91 Å². The summed E-state index contributed by atoms with van der Waals surface area (Å²) in [7, 11) is -4.07. The standard InChI is InChI=1S/C22H16F6N2O3S/c23-21(24,25)16-10-17(22(26,27)28)12-18(11-16)30-20(31)15-7-4-8-19(9-15)34(32,33)29-13-14-5-2-1-3-6-14/h1-12,29H,13H2,(H,30,31). The fourth-order valence-corrected chi connectivity index (χ4v) is 3.96. The van der Waals surface area contributed by atoms with Crippen molar-refractivity contribution >= 4 is 21.6 Å². The van der Waals surface area contributed by atoms with Crippen LogP contribution in [-0.4, -0.2) is 14.3 Å². The number of rotatable bonds is 6. The topological polar surface area (TPSA) is 75.3 Å². The first kappa shape index (κ1) is 25.2. The van der Waals surface area contributed by atoms with Crippen LogP contribution < -0.4 is 10.0 Å². The summed E-state index contributed by atoms with van der Waals surface area (Å²) in [6.45, 7) is -0.0376. The second kappa shape index (κ2) is 9.47. The maximum Gasteiger partial charge on any atom is 0.416 e. The van der Waals surface area contributed by atoms with Crippen LogP contribution in [0.5, 0.6) is 0 Å². The Bertz CT molecular complexity index is 1260. The molecule has 3 rings (SSSR count). The lowest BCUT2D eigenvalue weighted by Gasteiger charge is -2.15. The summed E-state index contributed by atoms with van der Waals surface area (Å²) in [5.74, 6) is -1.09. The molecule has 0 unspecified atom stereocenters. The number of sulfonamides is 1. The third kappa shape index (κ3) is 6.35. The predicted molar refractivity (Wildman–Crippen MR) is 111 cm³/mol. The van der Waals surface area contributed by atoms with Gasteiger partial charge in [0.1, 0.15) is 0 Å². The van der Waals surface area contributed by atoms with Crippen LogP contribution in [0, 0.1) is 0 Å². The quantitative estimate of drug-likeness (QED) is 0.440. The van der Waals surface area contributed by atoms with E-state index in [9.17, 15) is 39.6 Å². The van der Waals surface area contributed by atoms with Crippen LogP contribution in [0.25, 0.3) is 0 Å².